The van der Waals surface area contributed by atoms with E-state index in [1.165, 1.54) is 30.7 Å². The molecule has 108 valence electrons. The summed E-state index contributed by atoms with van der Waals surface area (Å²) in [6, 6.07) is 3.07. The first kappa shape index (κ1) is 14.5. The molecule has 4 nitrogen and oxygen atoms in total. The first-order valence-electron chi connectivity index (χ1n) is 6.17. The van der Waals surface area contributed by atoms with Gasteiger partial charge in [0.1, 0.15) is 0 Å². The first-order chi connectivity index (χ1) is 9.39. The molecule has 0 aromatic carbocycles. The Balaban J connectivity index is 2.43. The molecule has 0 saturated carbocycles. The van der Waals surface area contributed by atoms with Gasteiger partial charge in [-0.15, -0.1) is 0 Å². The summed E-state index contributed by atoms with van der Waals surface area (Å²) in [6.07, 6.45) is -0.348. The van der Waals surface area contributed by atoms with Crippen LogP contribution in [0.1, 0.15) is 25.1 Å². The lowest BCUT2D eigenvalue weighted by Gasteiger charge is -2.14. The normalized spacial score (nSPS) is 12.1. The Bertz CT molecular complexity index is 561. The second kappa shape index (κ2) is 5.62. The number of nitrogens with zero attached hydrogens (tertiary/aromatic N) is 3. The molecule has 0 aliphatic rings. The first-order valence-corrected chi connectivity index (χ1v) is 6.17. The van der Waals surface area contributed by atoms with Crippen LogP contribution >= 0.6 is 0 Å². The Hall–Kier alpha value is -1.89. The SMILES string of the molecule is CC(C)NCc1cnn(-c2ccncc2)c1C(F)(F)F. The van der Waals surface area contributed by atoms with E-state index in [9.17, 15) is 13.2 Å². The van der Waals surface area contributed by atoms with E-state index in [1.807, 2.05) is 13.8 Å². The summed E-state index contributed by atoms with van der Waals surface area (Å²) in [5.41, 5.74) is -0.289. The van der Waals surface area contributed by atoms with Crippen molar-refractivity contribution in [2.45, 2.75) is 32.6 Å². The highest BCUT2D eigenvalue weighted by Crippen LogP contribution is 2.33. The van der Waals surface area contributed by atoms with E-state index in [1.54, 1.807) is 0 Å². The van der Waals surface area contributed by atoms with Crippen LogP contribution in [0.15, 0.2) is 30.7 Å². The minimum absolute atomic E-state index is 0.0976. The van der Waals surface area contributed by atoms with Crippen LogP contribution in [0.25, 0.3) is 5.69 Å². The van der Waals surface area contributed by atoms with Gasteiger partial charge in [-0.05, 0) is 12.1 Å². The van der Waals surface area contributed by atoms with E-state index >= 15 is 0 Å². The standard InChI is InChI=1S/C13H15F3N4/c1-9(2)18-7-10-8-19-20(12(10)13(14,15)16)11-3-5-17-6-4-11/h3-6,8-9,18H,7H2,1-2H3. The Labute approximate surface area is 114 Å². The fraction of sp³-hybridized carbons (Fsp3) is 0.385. The molecule has 0 unspecified atom stereocenters. The fourth-order valence-electron chi connectivity index (χ4n) is 1.81. The molecular weight excluding hydrogens is 269 g/mol. The highest BCUT2D eigenvalue weighted by Gasteiger charge is 2.38. The lowest BCUT2D eigenvalue weighted by molar-refractivity contribution is -0.143. The summed E-state index contributed by atoms with van der Waals surface area (Å²) in [5.74, 6) is 0. The topological polar surface area (TPSA) is 42.7 Å². The smallest absolute Gasteiger partial charge is 0.310 e. The van der Waals surface area contributed by atoms with Crippen molar-refractivity contribution in [3.63, 3.8) is 0 Å². The van der Waals surface area contributed by atoms with Crippen LogP contribution < -0.4 is 5.32 Å². The second-order valence-electron chi connectivity index (χ2n) is 4.67. The maximum atomic E-state index is 13.2. The van der Waals surface area contributed by atoms with Crippen molar-refractivity contribution in [1.82, 2.24) is 20.1 Å². The number of rotatable bonds is 4. The molecule has 1 N–H and O–H groups in total. The zero-order valence-electron chi connectivity index (χ0n) is 11.1. The number of alkyl halides is 3. The minimum atomic E-state index is -4.46. The second-order valence-corrected chi connectivity index (χ2v) is 4.67. The molecule has 2 rings (SSSR count). The van der Waals surface area contributed by atoms with E-state index in [2.05, 4.69) is 15.4 Å². The van der Waals surface area contributed by atoms with Crippen molar-refractivity contribution in [2.75, 3.05) is 0 Å². The van der Waals surface area contributed by atoms with Gasteiger partial charge in [-0.1, -0.05) is 13.8 Å². The van der Waals surface area contributed by atoms with E-state index in [0.717, 1.165) is 4.68 Å². The van der Waals surface area contributed by atoms with Gasteiger partial charge in [-0.3, -0.25) is 4.98 Å². The van der Waals surface area contributed by atoms with E-state index in [-0.39, 0.29) is 18.2 Å². The third-order valence-electron chi connectivity index (χ3n) is 2.72. The highest BCUT2D eigenvalue weighted by atomic mass is 19.4. The maximum absolute atomic E-state index is 13.2. The summed E-state index contributed by atoms with van der Waals surface area (Å²) in [6.45, 7) is 3.87. The summed E-state index contributed by atoms with van der Waals surface area (Å²) in [5, 5.41) is 6.83. The number of nitrogens with one attached hydrogen (secondary N) is 1. The number of pyridine rings is 1. The Morgan fingerprint density at radius 3 is 2.45 bits per heavy atom. The largest absolute Gasteiger partial charge is 0.433 e. The number of halogens is 3. The molecule has 0 spiro atoms. The van der Waals surface area contributed by atoms with Crippen molar-refractivity contribution >= 4 is 0 Å². The molecule has 2 heterocycles. The molecule has 2 aromatic rings. The van der Waals surface area contributed by atoms with Crippen LogP contribution in [0, 0.1) is 0 Å². The molecule has 7 heteroatoms. The van der Waals surface area contributed by atoms with Crippen LogP contribution in [0.3, 0.4) is 0 Å². The average Bonchev–Trinajstić information content (AvgIpc) is 2.81. The molecular formula is C13H15F3N4. The number of hydrogen-bond acceptors (Lipinski definition) is 3. The lowest BCUT2D eigenvalue weighted by Crippen LogP contribution is -2.24. The zero-order chi connectivity index (χ0) is 14.8. The summed E-state index contributed by atoms with van der Waals surface area (Å²) < 4.78 is 40.6. The van der Waals surface area contributed by atoms with Crippen LogP contribution in [-0.4, -0.2) is 20.8 Å². The minimum Gasteiger partial charge on any atom is -0.310 e. The highest BCUT2D eigenvalue weighted by molar-refractivity contribution is 5.34. The van der Waals surface area contributed by atoms with E-state index in [4.69, 9.17) is 0 Å². The number of hydrogen-bond donors (Lipinski definition) is 1. The molecule has 0 bridgehead atoms. The molecule has 0 radical (unpaired) electrons. The quantitative estimate of drug-likeness (QED) is 0.938. The molecule has 0 fully saturated rings. The Kier molecular flexibility index (Phi) is 4.08. The van der Waals surface area contributed by atoms with Crippen molar-refractivity contribution in [2.24, 2.45) is 0 Å². The van der Waals surface area contributed by atoms with Gasteiger partial charge in [0.15, 0.2) is 5.69 Å². The predicted octanol–water partition coefficient (Wildman–Crippen LogP) is 2.78. The van der Waals surface area contributed by atoms with Crippen molar-refractivity contribution < 1.29 is 13.2 Å². The fourth-order valence-corrected chi connectivity index (χ4v) is 1.81. The third kappa shape index (κ3) is 3.16. The maximum Gasteiger partial charge on any atom is 0.433 e. The van der Waals surface area contributed by atoms with Crippen molar-refractivity contribution in [3.05, 3.63) is 42.0 Å². The summed E-state index contributed by atoms with van der Waals surface area (Å²) in [4.78, 5) is 3.79. The van der Waals surface area contributed by atoms with E-state index < -0.39 is 11.9 Å². The van der Waals surface area contributed by atoms with Crippen LogP contribution in [0.5, 0.6) is 0 Å². The predicted molar refractivity (Wildman–Crippen MR) is 68.3 cm³/mol. The summed E-state index contributed by atoms with van der Waals surface area (Å²) >= 11 is 0. The van der Waals surface area contributed by atoms with Gasteiger partial charge in [0, 0.05) is 30.5 Å². The third-order valence-corrected chi connectivity index (χ3v) is 2.72. The van der Waals surface area contributed by atoms with Gasteiger partial charge in [-0.25, -0.2) is 4.68 Å². The van der Waals surface area contributed by atoms with Crippen LogP contribution in [-0.2, 0) is 12.7 Å². The molecule has 0 saturated heterocycles. The molecule has 20 heavy (non-hydrogen) atoms. The van der Waals surface area contributed by atoms with Crippen LogP contribution in [0.4, 0.5) is 13.2 Å². The van der Waals surface area contributed by atoms with Gasteiger partial charge in [-0.2, -0.15) is 18.3 Å². The Morgan fingerprint density at radius 1 is 1.25 bits per heavy atom. The monoisotopic (exact) mass is 284 g/mol. The average molecular weight is 284 g/mol. The lowest BCUT2D eigenvalue weighted by atomic mass is 10.2. The number of aromatic nitrogens is 3. The van der Waals surface area contributed by atoms with Gasteiger partial charge in [0.25, 0.3) is 0 Å². The van der Waals surface area contributed by atoms with Gasteiger partial charge >= 0.3 is 6.18 Å². The van der Waals surface area contributed by atoms with Crippen LogP contribution in [0.2, 0.25) is 0 Å². The molecule has 0 aliphatic heterocycles. The van der Waals surface area contributed by atoms with Gasteiger partial charge in [0.05, 0.1) is 11.9 Å². The van der Waals surface area contributed by atoms with Gasteiger partial charge < -0.3 is 5.32 Å². The zero-order valence-corrected chi connectivity index (χ0v) is 11.1. The van der Waals surface area contributed by atoms with E-state index in [0.29, 0.717) is 5.69 Å². The molecule has 0 atom stereocenters. The van der Waals surface area contributed by atoms with Gasteiger partial charge in [0.2, 0.25) is 0 Å². The summed E-state index contributed by atoms with van der Waals surface area (Å²) in [7, 11) is 0. The van der Waals surface area contributed by atoms with Crippen molar-refractivity contribution in [3.8, 4) is 5.69 Å². The molecule has 2 aromatic heterocycles. The Morgan fingerprint density at radius 2 is 1.90 bits per heavy atom. The van der Waals surface area contributed by atoms with Crippen molar-refractivity contribution in [1.29, 1.82) is 0 Å². The molecule has 0 aliphatic carbocycles. The molecule has 0 amide bonds.